The Morgan fingerprint density at radius 1 is 1.24 bits per heavy atom. The largest absolute Gasteiger partial charge is 0.351 e. The Morgan fingerprint density at radius 2 is 1.95 bits per heavy atom. The summed E-state index contributed by atoms with van der Waals surface area (Å²) in [6, 6.07) is 2.17. The third kappa shape index (κ3) is 3.50. The van der Waals surface area contributed by atoms with Crippen LogP contribution in [0.25, 0.3) is 0 Å². The summed E-state index contributed by atoms with van der Waals surface area (Å²) in [7, 11) is 2.08. The van der Waals surface area contributed by atoms with Gasteiger partial charge in [0.2, 0.25) is 5.95 Å². The van der Waals surface area contributed by atoms with Gasteiger partial charge in [0.1, 0.15) is 5.69 Å². The van der Waals surface area contributed by atoms with E-state index in [2.05, 4.69) is 27.2 Å². The first-order valence-electron chi connectivity index (χ1n) is 7.80. The highest BCUT2D eigenvalue weighted by atomic mass is 16.2. The van der Waals surface area contributed by atoms with Gasteiger partial charge >= 0.3 is 0 Å². The van der Waals surface area contributed by atoms with Gasteiger partial charge in [0.25, 0.3) is 5.91 Å². The fourth-order valence-electron chi connectivity index (χ4n) is 2.97. The number of anilines is 1. The molecule has 0 radical (unpaired) electrons. The molecule has 1 aromatic heterocycles. The fraction of sp³-hybridized carbons (Fsp3) is 0.667. The fourth-order valence-corrected chi connectivity index (χ4v) is 2.97. The van der Waals surface area contributed by atoms with Crippen LogP contribution in [0.2, 0.25) is 0 Å². The van der Waals surface area contributed by atoms with Gasteiger partial charge < -0.3 is 15.1 Å². The quantitative estimate of drug-likeness (QED) is 0.906. The summed E-state index contributed by atoms with van der Waals surface area (Å²) in [5.41, 5.74) is 0.495. The molecule has 2 heterocycles. The maximum atomic E-state index is 12.5. The Bertz CT molecular complexity index is 493. The number of aromatic nitrogens is 2. The highest BCUT2D eigenvalue weighted by molar-refractivity contribution is 5.92. The highest BCUT2D eigenvalue weighted by Gasteiger charge is 2.22. The van der Waals surface area contributed by atoms with E-state index in [1.807, 2.05) is 4.90 Å². The lowest BCUT2D eigenvalue weighted by molar-refractivity contribution is 0.0658. The Kier molecular flexibility index (Phi) is 4.34. The van der Waals surface area contributed by atoms with E-state index in [4.69, 9.17) is 0 Å². The van der Waals surface area contributed by atoms with Gasteiger partial charge in [-0.25, -0.2) is 9.97 Å². The maximum Gasteiger partial charge on any atom is 0.272 e. The average Bonchev–Trinajstić information content (AvgIpc) is 3.00. The Hall–Kier alpha value is -1.69. The first-order chi connectivity index (χ1) is 10.2. The van der Waals surface area contributed by atoms with Crippen LogP contribution in [-0.4, -0.2) is 64.9 Å². The molecule has 0 spiro atoms. The van der Waals surface area contributed by atoms with Crippen molar-refractivity contribution in [2.24, 2.45) is 0 Å². The number of carbonyl (C=O) groups excluding carboxylic acids is 1. The van der Waals surface area contributed by atoms with Gasteiger partial charge in [0, 0.05) is 38.4 Å². The van der Waals surface area contributed by atoms with Gasteiger partial charge in [-0.2, -0.15) is 0 Å². The van der Waals surface area contributed by atoms with E-state index in [-0.39, 0.29) is 5.91 Å². The van der Waals surface area contributed by atoms with Crippen LogP contribution in [0.15, 0.2) is 12.3 Å². The first kappa shape index (κ1) is 14.3. The van der Waals surface area contributed by atoms with Crippen molar-refractivity contribution in [3.05, 3.63) is 18.0 Å². The molecule has 2 fully saturated rings. The van der Waals surface area contributed by atoms with Crippen molar-refractivity contribution in [1.29, 1.82) is 0 Å². The van der Waals surface area contributed by atoms with Crippen LogP contribution in [-0.2, 0) is 0 Å². The predicted octanol–water partition coefficient (Wildman–Crippen LogP) is 1.22. The summed E-state index contributed by atoms with van der Waals surface area (Å²) < 4.78 is 0. The molecule has 6 heteroatoms. The molecule has 1 saturated carbocycles. The lowest BCUT2D eigenvalue weighted by atomic mass is 10.2. The number of hydrogen-bond donors (Lipinski definition) is 1. The molecular weight excluding hydrogens is 266 g/mol. The molecule has 0 atom stereocenters. The number of amides is 1. The average molecular weight is 289 g/mol. The molecule has 1 N–H and O–H groups in total. The number of hydrogen-bond acceptors (Lipinski definition) is 5. The summed E-state index contributed by atoms with van der Waals surface area (Å²) in [5, 5.41) is 3.34. The van der Waals surface area contributed by atoms with E-state index in [1.54, 1.807) is 12.3 Å². The molecule has 1 saturated heterocycles. The third-order valence-corrected chi connectivity index (χ3v) is 4.35. The summed E-state index contributed by atoms with van der Waals surface area (Å²) in [6.45, 7) is 3.38. The smallest absolute Gasteiger partial charge is 0.272 e. The van der Waals surface area contributed by atoms with Gasteiger partial charge in [0.15, 0.2) is 0 Å². The van der Waals surface area contributed by atoms with E-state index >= 15 is 0 Å². The zero-order chi connectivity index (χ0) is 14.7. The summed E-state index contributed by atoms with van der Waals surface area (Å²) in [6.07, 6.45) is 6.53. The Balaban J connectivity index is 1.65. The topological polar surface area (TPSA) is 61.4 Å². The molecule has 0 unspecified atom stereocenters. The van der Waals surface area contributed by atoms with Crippen LogP contribution in [0.5, 0.6) is 0 Å². The highest BCUT2D eigenvalue weighted by Crippen LogP contribution is 2.20. The van der Waals surface area contributed by atoms with E-state index in [0.29, 0.717) is 17.7 Å². The monoisotopic (exact) mass is 289 g/mol. The van der Waals surface area contributed by atoms with Crippen molar-refractivity contribution < 1.29 is 4.79 Å². The number of rotatable bonds is 3. The third-order valence-electron chi connectivity index (χ3n) is 4.35. The van der Waals surface area contributed by atoms with E-state index in [9.17, 15) is 4.79 Å². The lowest BCUT2D eigenvalue weighted by Crippen LogP contribution is -2.47. The van der Waals surface area contributed by atoms with Gasteiger partial charge in [0.05, 0.1) is 0 Å². The summed E-state index contributed by atoms with van der Waals surface area (Å²) >= 11 is 0. The molecule has 3 rings (SSSR count). The predicted molar refractivity (Wildman–Crippen MR) is 81.3 cm³/mol. The number of carbonyl (C=O) groups is 1. The van der Waals surface area contributed by atoms with Crippen LogP contribution in [0.4, 0.5) is 5.95 Å². The van der Waals surface area contributed by atoms with E-state index in [0.717, 1.165) is 26.2 Å². The van der Waals surface area contributed by atoms with Crippen molar-refractivity contribution in [2.75, 3.05) is 38.5 Å². The summed E-state index contributed by atoms with van der Waals surface area (Å²) in [4.78, 5) is 25.2. The number of nitrogens with one attached hydrogen (secondary N) is 1. The molecule has 1 aromatic rings. The van der Waals surface area contributed by atoms with Gasteiger partial charge in [-0.3, -0.25) is 4.79 Å². The van der Waals surface area contributed by atoms with Crippen LogP contribution in [0, 0.1) is 0 Å². The lowest BCUT2D eigenvalue weighted by Gasteiger charge is -2.32. The molecular formula is C15H23N5O. The van der Waals surface area contributed by atoms with E-state index in [1.165, 1.54) is 25.7 Å². The minimum atomic E-state index is 0.0139. The molecule has 2 aliphatic rings. The van der Waals surface area contributed by atoms with Crippen molar-refractivity contribution in [2.45, 2.75) is 31.7 Å². The Morgan fingerprint density at radius 3 is 2.67 bits per heavy atom. The normalized spacial score (nSPS) is 20.7. The second-order valence-electron chi connectivity index (χ2n) is 5.99. The van der Waals surface area contributed by atoms with Crippen LogP contribution < -0.4 is 5.32 Å². The maximum absolute atomic E-state index is 12.5. The van der Waals surface area contributed by atoms with E-state index < -0.39 is 0 Å². The zero-order valence-electron chi connectivity index (χ0n) is 12.6. The molecule has 1 amide bonds. The van der Waals surface area contributed by atoms with Gasteiger partial charge in [-0.15, -0.1) is 0 Å². The molecule has 1 aliphatic carbocycles. The molecule has 0 aromatic carbocycles. The standard InChI is InChI=1S/C15H23N5O/c1-19-8-10-20(11-9-19)14(21)13-6-7-16-15(18-13)17-12-4-2-3-5-12/h6-7,12H,2-5,8-11H2,1H3,(H,16,17,18). The van der Waals surface area contributed by atoms with Crippen molar-refractivity contribution >= 4 is 11.9 Å². The Labute approximate surface area is 125 Å². The second kappa shape index (κ2) is 6.39. The van der Waals surface area contributed by atoms with Gasteiger partial charge in [-0.1, -0.05) is 12.8 Å². The number of likely N-dealkylation sites (N-methyl/N-ethyl adjacent to an activating group) is 1. The van der Waals surface area contributed by atoms with Crippen LogP contribution in [0.3, 0.4) is 0 Å². The van der Waals surface area contributed by atoms with Crippen molar-refractivity contribution in [3.63, 3.8) is 0 Å². The molecule has 6 nitrogen and oxygen atoms in total. The molecule has 21 heavy (non-hydrogen) atoms. The second-order valence-corrected chi connectivity index (χ2v) is 5.99. The van der Waals surface area contributed by atoms with Crippen LogP contribution >= 0.6 is 0 Å². The van der Waals surface area contributed by atoms with Crippen LogP contribution in [0.1, 0.15) is 36.2 Å². The zero-order valence-corrected chi connectivity index (χ0v) is 12.6. The molecule has 114 valence electrons. The minimum Gasteiger partial charge on any atom is -0.351 e. The van der Waals surface area contributed by atoms with Gasteiger partial charge in [-0.05, 0) is 26.0 Å². The van der Waals surface area contributed by atoms with Crippen molar-refractivity contribution in [1.82, 2.24) is 19.8 Å². The molecule has 1 aliphatic heterocycles. The number of nitrogens with zero attached hydrogens (tertiary/aromatic N) is 4. The first-order valence-corrected chi connectivity index (χ1v) is 7.80. The molecule has 0 bridgehead atoms. The van der Waals surface area contributed by atoms with Crippen molar-refractivity contribution in [3.8, 4) is 0 Å². The number of piperazine rings is 1. The SMILES string of the molecule is CN1CCN(C(=O)c2ccnc(NC3CCCC3)n2)CC1. The minimum absolute atomic E-state index is 0.0139. The summed E-state index contributed by atoms with van der Waals surface area (Å²) in [5.74, 6) is 0.599.